The molecule has 2 aromatic rings. The lowest BCUT2D eigenvalue weighted by Gasteiger charge is -2.12. The van der Waals surface area contributed by atoms with Gasteiger partial charge in [0.15, 0.2) is 6.54 Å². The summed E-state index contributed by atoms with van der Waals surface area (Å²) in [5.41, 5.74) is 2.38. The van der Waals surface area contributed by atoms with E-state index in [0.717, 1.165) is 11.1 Å². The summed E-state index contributed by atoms with van der Waals surface area (Å²) < 4.78 is 0. The lowest BCUT2D eigenvalue weighted by atomic mass is 10.1. The number of nitro benzene ring substituents is 1. The van der Waals surface area contributed by atoms with Crippen molar-refractivity contribution in [2.75, 3.05) is 11.9 Å². The second-order valence-corrected chi connectivity index (χ2v) is 5.44. The lowest BCUT2D eigenvalue weighted by Crippen LogP contribution is -2.86. The Bertz CT molecular complexity index is 701. The summed E-state index contributed by atoms with van der Waals surface area (Å²) in [6, 6.07) is 14.5. The van der Waals surface area contributed by atoms with E-state index in [-0.39, 0.29) is 24.2 Å². The number of hydrogen-bond donors (Lipinski definition) is 2. The molecule has 6 nitrogen and oxygen atoms in total. The number of quaternary nitrogens is 1. The summed E-state index contributed by atoms with van der Waals surface area (Å²) in [5, 5.41) is 15.5. The van der Waals surface area contributed by atoms with Crippen molar-refractivity contribution in [3.8, 4) is 0 Å². The normalized spacial score (nSPS) is 11.7. The molecule has 0 bridgehead atoms. The van der Waals surface area contributed by atoms with E-state index in [9.17, 15) is 14.9 Å². The van der Waals surface area contributed by atoms with E-state index in [2.05, 4.69) is 5.32 Å². The number of rotatable bonds is 6. The van der Waals surface area contributed by atoms with Gasteiger partial charge in [0, 0.05) is 17.7 Å². The molecule has 0 saturated heterocycles. The van der Waals surface area contributed by atoms with Gasteiger partial charge in [-0.3, -0.25) is 14.9 Å². The smallest absolute Gasteiger partial charge is 0.279 e. The Kier molecular flexibility index (Phi) is 5.43. The van der Waals surface area contributed by atoms with Gasteiger partial charge in [-0.05, 0) is 19.4 Å². The first kappa shape index (κ1) is 16.6. The van der Waals surface area contributed by atoms with Crippen LogP contribution in [0.5, 0.6) is 0 Å². The van der Waals surface area contributed by atoms with Crippen LogP contribution in [0.3, 0.4) is 0 Å². The third-order valence-corrected chi connectivity index (χ3v) is 3.69. The second kappa shape index (κ2) is 7.51. The molecule has 1 atom stereocenters. The van der Waals surface area contributed by atoms with Gasteiger partial charge in [0.25, 0.3) is 11.6 Å². The number of aryl methyl sites for hydroxylation is 1. The minimum atomic E-state index is -0.474. The number of non-ortho nitro benzene ring substituents is 1. The Balaban J connectivity index is 1.95. The molecule has 0 aliphatic rings. The minimum absolute atomic E-state index is 0.0347. The summed E-state index contributed by atoms with van der Waals surface area (Å²) in [4.78, 5) is 22.4. The first-order valence-corrected chi connectivity index (χ1v) is 7.40. The topological polar surface area (TPSA) is 88.9 Å². The van der Waals surface area contributed by atoms with Crippen molar-refractivity contribution in [2.24, 2.45) is 0 Å². The van der Waals surface area contributed by atoms with Gasteiger partial charge in [0.2, 0.25) is 0 Å². The third kappa shape index (κ3) is 4.62. The average molecular weight is 314 g/mol. The Morgan fingerprint density at radius 3 is 2.61 bits per heavy atom. The third-order valence-electron chi connectivity index (χ3n) is 3.69. The van der Waals surface area contributed by atoms with Crippen molar-refractivity contribution in [1.82, 2.24) is 0 Å². The van der Waals surface area contributed by atoms with Crippen LogP contribution in [0.4, 0.5) is 11.4 Å². The Morgan fingerprint density at radius 1 is 1.26 bits per heavy atom. The maximum absolute atomic E-state index is 12.1. The molecular weight excluding hydrogens is 294 g/mol. The Labute approximate surface area is 134 Å². The van der Waals surface area contributed by atoms with E-state index < -0.39 is 4.92 Å². The Morgan fingerprint density at radius 2 is 1.96 bits per heavy atom. The summed E-state index contributed by atoms with van der Waals surface area (Å²) >= 11 is 0. The molecule has 0 heterocycles. The highest BCUT2D eigenvalue weighted by Gasteiger charge is 2.14. The van der Waals surface area contributed by atoms with Gasteiger partial charge in [-0.15, -0.1) is 0 Å². The largest absolute Gasteiger partial charge is 0.333 e. The van der Waals surface area contributed by atoms with Crippen LogP contribution < -0.4 is 10.6 Å². The van der Waals surface area contributed by atoms with Crippen LogP contribution in [0.2, 0.25) is 0 Å². The fourth-order valence-electron chi connectivity index (χ4n) is 2.24. The number of carbonyl (C=O) groups excluding carboxylic acids is 1. The zero-order valence-corrected chi connectivity index (χ0v) is 13.2. The van der Waals surface area contributed by atoms with Crippen molar-refractivity contribution < 1.29 is 15.0 Å². The molecule has 23 heavy (non-hydrogen) atoms. The molecule has 2 rings (SSSR count). The second-order valence-electron chi connectivity index (χ2n) is 5.44. The van der Waals surface area contributed by atoms with Gasteiger partial charge in [-0.1, -0.05) is 36.4 Å². The van der Waals surface area contributed by atoms with Gasteiger partial charge in [-0.25, -0.2) is 0 Å². The molecule has 0 aliphatic carbocycles. The first-order chi connectivity index (χ1) is 11.0. The summed E-state index contributed by atoms with van der Waals surface area (Å²) in [7, 11) is 0. The minimum Gasteiger partial charge on any atom is -0.333 e. The highest BCUT2D eigenvalue weighted by atomic mass is 16.6. The fraction of sp³-hybridized carbons (Fsp3) is 0.235. The quantitative estimate of drug-likeness (QED) is 0.632. The highest BCUT2D eigenvalue weighted by molar-refractivity contribution is 5.92. The molecule has 0 fully saturated rings. The summed E-state index contributed by atoms with van der Waals surface area (Å²) in [5.74, 6) is -0.184. The number of nitrogens with zero attached hydrogens (tertiary/aromatic N) is 1. The fourth-order valence-corrected chi connectivity index (χ4v) is 2.24. The number of amides is 1. The number of anilines is 1. The number of hydrogen-bond acceptors (Lipinski definition) is 3. The van der Waals surface area contributed by atoms with Crippen molar-refractivity contribution >= 4 is 17.3 Å². The van der Waals surface area contributed by atoms with E-state index >= 15 is 0 Å². The molecule has 0 radical (unpaired) electrons. The highest BCUT2D eigenvalue weighted by Crippen LogP contribution is 2.21. The number of carbonyl (C=O) groups is 1. The lowest BCUT2D eigenvalue weighted by molar-refractivity contribution is -0.682. The van der Waals surface area contributed by atoms with E-state index in [0.29, 0.717) is 5.69 Å². The van der Waals surface area contributed by atoms with Gasteiger partial charge in [0.05, 0.1) is 10.6 Å². The van der Waals surface area contributed by atoms with Gasteiger partial charge in [0.1, 0.15) is 6.04 Å². The number of nitrogens with one attached hydrogen (secondary N) is 1. The molecule has 0 aliphatic heterocycles. The van der Waals surface area contributed by atoms with Crippen LogP contribution in [0.25, 0.3) is 0 Å². The number of benzene rings is 2. The first-order valence-electron chi connectivity index (χ1n) is 7.40. The van der Waals surface area contributed by atoms with Crippen LogP contribution in [0, 0.1) is 17.0 Å². The predicted molar refractivity (Wildman–Crippen MR) is 88.1 cm³/mol. The van der Waals surface area contributed by atoms with E-state index in [1.165, 1.54) is 12.1 Å². The van der Waals surface area contributed by atoms with Gasteiger partial charge < -0.3 is 10.6 Å². The zero-order valence-electron chi connectivity index (χ0n) is 13.2. The van der Waals surface area contributed by atoms with E-state index in [4.69, 9.17) is 0 Å². The molecular formula is C17H20N3O3+. The van der Waals surface area contributed by atoms with E-state index in [1.54, 1.807) is 13.0 Å². The van der Waals surface area contributed by atoms with Crippen molar-refractivity contribution in [3.63, 3.8) is 0 Å². The molecule has 0 saturated carbocycles. The molecule has 0 unspecified atom stereocenters. The maximum atomic E-state index is 12.1. The van der Waals surface area contributed by atoms with E-state index in [1.807, 2.05) is 42.6 Å². The monoisotopic (exact) mass is 314 g/mol. The summed E-state index contributed by atoms with van der Waals surface area (Å²) in [6.07, 6.45) is 0. The van der Waals surface area contributed by atoms with Gasteiger partial charge >= 0.3 is 0 Å². The van der Waals surface area contributed by atoms with Crippen LogP contribution in [0.15, 0.2) is 48.5 Å². The van der Waals surface area contributed by atoms with Crippen LogP contribution in [-0.4, -0.2) is 17.4 Å². The number of nitrogens with two attached hydrogens (primary N) is 1. The van der Waals surface area contributed by atoms with Crippen molar-refractivity contribution in [3.05, 3.63) is 69.8 Å². The van der Waals surface area contributed by atoms with Crippen molar-refractivity contribution in [2.45, 2.75) is 19.9 Å². The molecule has 1 amide bonds. The molecule has 0 aromatic heterocycles. The standard InChI is InChI=1S/C17H19N3O3/c1-12-8-9-15(20(22)23)10-16(12)19-17(21)11-18-13(2)14-6-4-3-5-7-14/h3-10,13,18H,11H2,1-2H3,(H,19,21)/p+1/t13-/m0/s1. The van der Waals surface area contributed by atoms with Crippen molar-refractivity contribution in [1.29, 1.82) is 0 Å². The zero-order chi connectivity index (χ0) is 16.8. The average Bonchev–Trinajstić information content (AvgIpc) is 2.55. The van der Waals surface area contributed by atoms with Crippen LogP contribution in [0.1, 0.15) is 24.1 Å². The van der Waals surface area contributed by atoms with Gasteiger partial charge in [-0.2, -0.15) is 0 Å². The SMILES string of the molecule is Cc1ccc([N+](=O)[O-])cc1NC(=O)C[NH2+][C@@H](C)c1ccccc1. The van der Waals surface area contributed by atoms with Crippen LogP contribution >= 0.6 is 0 Å². The molecule has 2 aromatic carbocycles. The Hall–Kier alpha value is -2.73. The maximum Gasteiger partial charge on any atom is 0.279 e. The predicted octanol–water partition coefficient (Wildman–Crippen LogP) is 2.17. The van der Waals surface area contributed by atoms with Crippen LogP contribution in [-0.2, 0) is 4.79 Å². The molecule has 0 spiro atoms. The molecule has 6 heteroatoms. The molecule has 120 valence electrons. The molecule has 3 N–H and O–H groups in total. The number of nitro groups is 1. The summed E-state index contributed by atoms with van der Waals surface area (Å²) in [6.45, 7) is 4.08.